The van der Waals surface area contributed by atoms with E-state index in [1.807, 2.05) is 0 Å². The van der Waals surface area contributed by atoms with Crippen LogP contribution in [0.1, 0.15) is 107 Å². The molecule has 6 heteroatoms. The third-order valence-electron chi connectivity index (χ3n) is 5.81. The Hall–Kier alpha value is -1.65. The summed E-state index contributed by atoms with van der Waals surface area (Å²) >= 11 is 12.7. The molecular formula is C26H37Cl2NO3. The molecule has 1 amide bonds. The summed E-state index contributed by atoms with van der Waals surface area (Å²) in [6, 6.07) is 4.70. The van der Waals surface area contributed by atoms with Gasteiger partial charge in [-0.25, -0.2) is 0 Å². The predicted octanol–water partition coefficient (Wildman–Crippen LogP) is 9.18. The highest BCUT2D eigenvalue weighted by molar-refractivity contribution is 6.37. The Balaban J connectivity index is 1.65. The number of unbranched alkanes of at least 4 members (excludes halogenated alkanes) is 12. The van der Waals surface area contributed by atoms with Crippen LogP contribution in [0.5, 0.6) is 5.75 Å². The number of carbonyl (C=O) groups is 1. The quantitative estimate of drug-likeness (QED) is 0.185. The number of hydrogen-bond donors (Lipinski definition) is 2. The SMILES string of the molecule is CCCCCCCCCCCCCCCc1c(Cl)cc(NC(=O)c2ccco2)c(O)c1Cl. The summed E-state index contributed by atoms with van der Waals surface area (Å²) in [4.78, 5) is 12.1. The van der Waals surface area contributed by atoms with Gasteiger partial charge in [0.1, 0.15) is 0 Å². The first kappa shape index (κ1) is 26.6. The fourth-order valence-electron chi connectivity index (χ4n) is 3.88. The second-order valence-electron chi connectivity index (χ2n) is 8.47. The first-order valence-electron chi connectivity index (χ1n) is 12.1. The third kappa shape index (κ3) is 9.07. The maximum atomic E-state index is 12.1. The number of hydrogen-bond acceptors (Lipinski definition) is 3. The van der Waals surface area contributed by atoms with E-state index in [4.69, 9.17) is 27.6 Å². The highest BCUT2D eigenvalue weighted by Crippen LogP contribution is 2.40. The monoisotopic (exact) mass is 481 g/mol. The zero-order valence-corrected chi connectivity index (χ0v) is 20.7. The predicted molar refractivity (Wildman–Crippen MR) is 134 cm³/mol. The molecule has 0 spiro atoms. The highest BCUT2D eigenvalue weighted by Gasteiger charge is 2.18. The molecule has 4 nitrogen and oxygen atoms in total. The van der Waals surface area contributed by atoms with E-state index in [-0.39, 0.29) is 22.2 Å². The van der Waals surface area contributed by atoms with Crippen LogP contribution in [0.15, 0.2) is 28.9 Å². The minimum absolute atomic E-state index is 0.146. The second-order valence-corrected chi connectivity index (χ2v) is 9.26. The Morgan fingerprint density at radius 3 is 2.03 bits per heavy atom. The molecule has 1 aromatic heterocycles. The van der Waals surface area contributed by atoms with E-state index < -0.39 is 5.91 Å². The van der Waals surface area contributed by atoms with Crippen LogP contribution in [-0.2, 0) is 6.42 Å². The maximum Gasteiger partial charge on any atom is 0.291 e. The number of halogens is 2. The zero-order valence-electron chi connectivity index (χ0n) is 19.2. The van der Waals surface area contributed by atoms with E-state index in [0.717, 1.165) is 18.4 Å². The van der Waals surface area contributed by atoms with Crippen molar-refractivity contribution in [3.8, 4) is 5.75 Å². The molecule has 0 aliphatic carbocycles. The summed E-state index contributed by atoms with van der Waals surface area (Å²) in [6.45, 7) is 2.26. The molecule has 0 aliphatic rings. The van der Waals surface area contributed by atoms with Gasteiger partial charge in [0.2, 0.25) is 0 Å². The lowest BCUT2D eigenvalue weighted by Gasteiger charge is -2.13. The van der Waals surface area contributed by atoms with E-state index >= 15 is 0 Å². The normalized spacial score (nSPS) is 11.1. The van der Waals surface area contributed by atoms with Gasteiger partial charge < -0.3 is 14.8 Å². The van der Waals surface area contributed by atoms with Crippen LogP contribution >= 0.6 is 23.2 Å². The molecule has 1 heterocycles. The molecule has 32 heavy (non-hydrogen) atoms. The summed E-state index contributed by atoms with van der Waals surface area (Å²) in [7, 11) is 0. The molecule has 178 valence electrons. The largest absolute Gasteiger partial charge is 0.504 e. The van der Waals surface area contributed by atoms with Crippen LogP contribution in [0.25, 0.3) is 0 Å². The highest BCUT2D eigenvalue weighted by atomic mass is 35.5. The van der Waals surface area contributed by atoms with Gasteiger partial charge in [-0.2, -0.15) is 0 Å². The van der Waals surface area contributed by atoms with Gasteiger partial charge in [0.25, 0.3) is 5.91 Å². The van der Waals surface area contributed by atoms with E-state index in [1.165, 1.54) is 76.9 Å². The van der Waals surface area contributed by atoms with Crippen LogP contribution in [-0.4, -0.2) is 11.0 Å². The maximum absolute atomic E-state index is 12.1. The standard InChI is InChI=1S/C26H37Cl2NO3/c1-2-3-4-5-6-7-8-9-10-11-12-13-14-16-20-21(27)19-22(25(30)24(20)28)29-26(31)23-17-15-18-32-23/h15,17-19,30H,2-14,16H2,1H3,(H,29,31). The van der Waals surface area contributed by atoms with Crippen LogP contribution in [0.3, 0.4) is 0 Å². The molecule has 2 rings (SSSR count). The second kappa shape index (κ2) is 15.2. The summed E-state index contributed by atoms with van der Waals surface area (Å²) in [6.07, 6.45) is 18.9. The first-order chi connectivity index (χ1) is 15.5. The number of phenols is 1. The Morgan fingerprint density at radius 1 is 0.938 bits per heavy atom. The number of anilines is 1. The molecule has 0 fully saturated rings. The van der Waals surface area contributed by atoms with Crippen LogP contribution in [0.2, 0.25) is 10.0 Å². The van der Waals surface area contributed by atoms with Gasteiger partial charge in [0, 0.05) is 5.02 Å². The molecule has 0 bridgehead atoms. The zero-order chi connectivity index (χ0) is 23.2. The van der Waals surface area contributed by atoms with Crippen molar-refractivity contribution in [2.75, 3.05) is 5.32 Å². The van der Waals surface area contributed by atoms with Crippen molar-refractivity contribution in [2.24, 2.45) is 0 Å². The number of nitrogens with one attached hydrogen (secondary N) is 1. The lowest BCUT2D eigenvalue weighted by atomic mass is 10.0. The fourth-order valence-corrected chi connectivity index (χ4v) is 4.53. The smallest absolute Gasteiger partial charge is 0.291 e. The van der Waals surface area contributed by atoms with E-state index in [0.29, 0.717) is 11.4 Å². The number of carbonyl (C=O) groups excluding carboxylic acids is 1. The summed E-state index contributed by atoms with van der Waals surface area (Å²) < 4.78 is 5.06. The minimum atomic E-state index is -0.471. The van der Waals surface area contributed by atoms with Gasteiger partial charge >= 0.3 is 0 Å². The molecular weight excluding hydrogens is 445 g/mol. The van der Waals surface area contributed by atoms with Gasteiger partial charge in [0.05, 0.1) is 17.0 Å². The lowest BCUT2D eigenvalue weighted by molar-refractivity contribution is 0.0996. The van der Waals surface area contributed by atoms with Crippen molar-refractivity contribution < 1.29 is 14.3 Å². The molecule has 2 aromatic rings. The molecule has 0 atom stereocenters. The lowest BCUT2D eigenvalue weighted by Crippen LogP contribution is -2.11. The molecule has 0 unspecified atom stereocenters. The van der Waals surface area contributed by atoms with Crippen molar-refractivity contribution in [1.82, 2.24) is 0 Å². The van der Waals surface area contributed by atoms with Gasteiger partial charge in [-0.1, -0.05) is 107 Å². The van der Waals surface area contributed by atoms with Crippen molar-refractivity contribution in [3.05, 3.63) is 45.8 Å². The van der Waals surface area contributed by atoms with E-state index in [9.17, 15) is 9.90 Å². The Morgan fingerprint density at radius 2 is 1.50 bits per heavy atom. The molecule has 0 saturated carbocycles. The number of rotatable bonds is 16. The van der Waals surface area contributed by atoms with Gasteiger partial charge in [-0.15, -0.1) is 0 Å². The summed E-state index contributed by atoms with van der Waals surface area (Å²) in [5.74, 6) is -0.491. The number of benzene rings is 1. The number of amides is 1. The average Bonchev–Trinajstić information content (AvgIpc) is 3.32. The van der Waals surface area contributed by atoms with E-state index in [2.05, 4.69) is 12.2 Å². The number of phenolic OH excluding ortho intramolecular Hbond substituents is 1. The van der Waals surface area contributed by atoms with Crippen molar-refractivity contribution in [1.29, 1.82) is 0 Å². The van der Waals surface area contributed by atoms with Crippen LogP contribution < -0.4 is 5.32 Å². The number of aromatic hydroxyl groups is 1. The topological polar surface area (TPSA) is 62.5 Å². The summed E-state index contributed by atoms with van der Waals surface area (Å²) in [5.41, 5.74) is 0.903. The Bertz CT molecular complexity index is 806. The van der Waals surface area contributed by atoms with E-state index in [1.54, 1.807) is 18.2 Å². The van der Waals surface area contributed by atoms with Crippen molar-refractivity contribution >= 4 is 34.8 Å². The minimum Gasteiger partial charge on any atom is -0.504 e. The first-order valence-corrected chi connectivity index (χ1v) is 12.8. The molecule has 0 aliphatic heterocycles. The average molecular weight is 482 g/mol. The van der Waals surface area contributed by atoms with Crippen molar-refractivity contribution in [3.63, 3.8) is 0 Å². The van der Waals surface area contributed by atoms with Gasteiger partial charge in [-0.05, 0) is 36.6 Å². The summed E-state index contributed by atoms with van der Waals surface area (Å²) in [5, 5.41) is 13.7. The Kier molecular flexibility index (Phi) is 12.7. The van der Waals surface area contributed by atoms with Crippen LogP contribution in [0.4, 0.5) is 5.69 Å². The van der Waals surface area contributed by atoms with Crippen LogP contribution in [0, 0.1) is 0 Å². The Labute approximate surface area is 202 Å². The van der Waals surface area contributed by atoms with Gasteiger partial charge in [-0.3, -0.25) is 4.79 Å². The number of furan rings is 1. The molecule has 0 radical (unpaired) electrons. The van der Waals surface area contributed by atoms with Crippen molar-refractivity contribution in [2.45, 2.75) is 96.8 Å². The fraction of sp³-hybridized carbons (Fsp3) is 0.577. The molecule has 0 saturated heterocycles. The molecule has 1 aromatic carbocycles. The molecule has 2 N–H and O–H groups in total. The van der Waals surface area contributed by atoms with Gasteiger partial charge in [0.15, 0.2) is 11.5 Å². The third-order valence-corrected chi connectivity index (χ3v) is 6.56.